The van der Waals surface area contributed by atoms with Crippen LogP contribution < -0.4 is 4.90 Å². The van der Waals surface area contributed by atoms with Gasteiger partial charge in [0, 0.05) is 41.5 Å². The number of hydrogen-bond acceptors (Lipinski definition) is 3. The summed E-state index contributed by atoms with van der Waals surface area (Å²) in [6, 6.07) is 16.2. The molecule has 25 heavy (non-hydrogen) atoms. The van der Waals surface area contributed by atoms with E-state index in [4.69, 9.17) is 0 Å². The Hall–Kier alpha value is -2.55. The number of fused-ring (bicyclic) bond motifs is 1. The minimum Gasteiger partial charge on any atom is -0.508 e. The third-order valence-corrected chi connectivity index (χ3v) is 5.06. The molecule has 1 saturated heterocycles. The van der Waals surface area contributed by atoms with E-state index in [0.29, 0.717) is 5.75 Å². The second kappa shape index (κ2) is 6.75. The van der Waals surface area contributed by atoms with Gasteiger partial charge in [-0.15, -0.1) is 0 Å². The highest BCUT2D eigenvalue weighted by Gasteiger charge is 2.17. The minimum atomic E-state index is 0.332. The highest BCUT2D eigenvalue weighted by atomic mass is 16.3. The van der Waals surface area contributed by atoms with Crippen molar-refractivity contribution in [1.82, 2.24) is 4.98 Å². The van der Waals surface area contributed by atoms with Gasteiger partial charge in [0.05, 0.1) is 5.52 Å². The molecule has 0 unspecified atom stereocenters. The molecule has 1 aliphatic rings. The van der Waals surface area contributed by atoms with Gasteiger partial charge in [-0.3, -0.25) is 4.98 Å². The van der Waals surface area contributed by atoms with E-state index < -0.39 is 0 Å². The zero-order chi connectivity index (χ0) is 17.2. The van der Waals surface area contributed by atoms with Crippen LogP contribution in [0, 0.1) is 6.92 Å². The van der Waals surface area contributed by atoms with Crippen LogP contribution in [0.4, 0.5) is 5.69 Å². The number of rotatable bonds is 2. The lowest BCUT2D eigenvalue weighted by Crippen LogP contribution is -2.24. The molecular weight excluding hydrogens is 308 g/mol. The summed E-state index contributed by atoms with van der Waals surface area (Å²) < 4.78 is 0. The van der Waals surface area contributed by atoms with Gasteiger partial charge in [0.15, 0.2) is 0 Å². The number of benzene rings is 2. The molecule has 2 aromatic carbocycles. The quantitative estimate of drug-likeness (QED) is 0.692. The number of nitrogens with zero attached hydrogens (tertiary/aromatic N) is 2. The van der Waals surface area contributed by atoms with Crippen molar-refractivity contribution < 1.29 is 5.11 Å². The van der Waals surface area contributed by atoms with Gasteiger partial charge in [0.2, 0.25) is 0 Å². The fourth-order valence-electron chi connectivity index (χ4n) is 3.85. The molecule has 4 rings (SSSR count). The topological polar surface area (TPSA) is 36.4 Å². The summed E-state index contributed by atoms with van der Waals surface area (Å²) in [4.78, 5) is 7.11. The van der Waals surface area contributed by atoms with Gasteiger partial charge in [0.1, 0.15) is 5.75 Å². The number of pyridine rings is 1. The zero-order valence-electron chi connectivity index (χ0n) is 14.7. The lowest BCUT2D eigenvalue weighted by Gasteiger charge is -2.26. The van der Waals surface area contributed by atoms with Crippen LogP contribution in [0.2, 0.25) is 0 Å². The van der Waals surface area contributed by atoms with Crippen molar-refractivity contribution >= 4 is 16.6 Å². The maximum absolute atomic E-state index is 10.1. The van der Waals surface area contributed by atoms with Crippen molar-refractivity contribution in [2.24, 2.45) is 0 Å². The zero-order valence-corrected chi connectivity index (χ0v) is 14.7. The van der Waals surface area contributed by atoms with Gasteiger partial charge in [-0.1, -0.05) is 31.0 Å². The van der Waals surface area contributed by atoms with E-state index in [1.165, 1.54) is 36.8 Å². The lowest BCUT2D eigenvalue weighted by molar-refractivity contribution is 0.475. The smallest absolute Gasteiger partial charge is 0.117 e. The Balaban J connectivity index is 1.91. The Morgan fingerprint density at radius 1 is 0.880 bits per heavy atom. The number of aromatic hydroxyl groups is 1. The number of hydrogen-bond donors (Lipinski definition) is 1. The first-order valence-corrected chi connectivity index (χ1v) is 9.17. The first kappa shape index (κ1) is 15.9. The van der Waals surface area contributed by atoms with Crippen LogP contribution in [0.1, 0.15) is 31.4 Å². The summed E-state index contributed by atoms with van der Waals surface area (Å²) >= 11 is 0. The molecule has 3 nitrogen and oxygen atoms in total. The fraction of sp³-hybridized carbons (Fsp3) is 0.318. The molecule has 1 N–H and O–H groups in total. The van der Waals surface area contributed by atoms with Crippen LogP contribution in [-0.4, -0.2) is 23.2 Å². The summed E-state index contributed by atoms with van der Waals surface area (Å²) in [5.41, 5.74) is 5.55. The summed E-state index contributed by atoms with van der Waals surface area (Å²) in [7, 11) is 0. The number of phenolic OH excluding ortho intramolecular Hbond substituents is 1. The molecule has 3 heteroatoms. The summed E-state index contributed by atoms with van der Waals surface area (Å²) in [5, 5.41) is 11.3. The molecule has 2 heterocycles. The lowest BCUT2D eigenvalue weighted by atomic mass is 9.97. The third-order valence-electron chi connectivity index (χ3n) is 5.06. The van der Waals surface area contributed by atoms with Crippen LogP contribution in [-0.2, 0) is 0 Å². The number of aryl methyl sites for hydroxylation is 1. The van der Waals surface area contributed by atoms with E-state index in [1.807, 2.05) is 19.1 Å². The van der Waals surface area contributed by atoms with Gasteiger partial charge >= 0.3 is 0 Å². The first-order chi connectivity index (χ1) is 12.2. The molecular formula is C22H24N2O. The standard InChI is InChI=1S/C22H24N2O/c1-16-14-20(18-8-4-5-9-21(18)23-16)19-11-10-17(25)15-22(19)24-12-6-2-3-7-13-24/h4-5,8-11,14-15,25H,2-3,6-7,12-13H2,1H3. The second-order valence-corrected chi connectivity index (χ2v) is 6.93. The van der Waals surface area contributed by atoms with Gasteiger partial charge in [0.25, 0.3) is 0 Å². The first-order valence-electron chi connectivity index (χ1n) is 9.17. The van der Waals surface area contributed by atoms with Crippen LogP contribution >= 0.6 is 0 Å². The maximum Gasteiger partial charge on any atom is 0.117 e. The van der Waals surface area contributed by atoms with E-state index in [9.17, 15) is 5.11 Å². The Kier molecular flexibility index (Phi) is 4.31. The molecule has 0 atom stereocenters. The van der Waals surface area contributed by atoms with E-state index in [1.54, 1.807) is 6.07 Å². The normalized spacial score (nSPS) is 15.3. The van der Waals surface area contributed by atoms with Crippen molar-refractivity contribution in [1.29, 1.82) is 0 Å². The Labute approximate surface area is 148 Å². The van der Waals surface area contributed by atoms with Crippen LogP contribution in [0.3, 0.4) is 0 Å². The highest BCUT2D eigenvalue weighted by Crippen LogP contribution is 2.38. The fourth-order valence-corrected chi connectivity index (χ4v) is 3.85. The van der Waals surface area contributed by atoms with Gasteiger partial charge in [-0.05, 0) is 49.6 Å². The van der Waals surface area contributed by atoms with E-state index >= 15 is 0 Å². The molecule has 3 aromatic rings. The number of aromatic nitrogens is 1. The van der Waals surface area contributed by atoms with Crippen molar-refractivity contribution in [3.05, 3.63) is 54.2 Å². The van der Waals surface area contributed by atoms with Crippen LogP contribution in [0.15, 0.2) is 48.5 Å². The molecule has 0 spiro atoms. The molecule has 1 fully saturated rings. The van der Waals surface area contributed by atoms with Crippen LogP contribution in [0.5, 0.6) is 5.75 Å². The van der Waals surface area contributed by atoms with Crippen molar-refractivity contribution in [2.75, 3.05) is 18.0 Å². The molecule has 1 aromatic heterocycles. The van der Waals surface area contributed by atoms with Gasteiger partial charge in [-0.2, -0.15) is 0 Å². The summed E-state index contributed by atoms with van der Waals surface area (Å²) in [5.74, 6) is 0.332. The van der Waals surface area contributed by atoms with Crippen LogP contribution in [0.25, 0.3) is 22.0 Å². The Bertz CT molecular complexity index is 896. The number of anilines is 1. The Morgan fingerprint density at radius 3 is 2.44 bits per heavy atom. The van der Waals surface area contributed by atoms with Gasteiger partial charge < -0.3 is 10.0 Å². The highest BCUT2D eigenvalue weighted by molar-refractivity contribution is 5.98. The molecule has 0 bridgehead atoms. The SMILES string of the molecule is Cc1cc(-c2ccc(O)cc2N2CCCCCC2)c2ccccc2n1. The van der Waals surface area contributed by atoms with Crippen molar-refractivity contribution in [3.63, 3.8) is 0 Å². The monoisotopic (exact) mass is 332 g/mol. The largest absolute Gasteiger partial charge is 0.508 e. The molecule has 128 valence electrons. The predicted molar refractivity (Wildman–Crippen MR) is 104 cm³/mol. The number of phenols is 1. The Morgan fingerprint density at radius 2 is 1.64 bits per heavy atom. The molecule has 1 aliphatic heterocycles. The summed E-state index contributed by atoms with van der Waals surface area (Å²) in [6.07, 6.45) is 5.01. The molecule has 0 amide bonds. The molecule has 0 radical (unpaired) electrons. The predicted octanol–water partition coefficient (Wildman–Crippen LogP) is 5.30. The van der Waals surface area contributed by atoms with Crippen molar-refractivity contribution in [2.45, 2.75) is 32.6 Å². The molecule has 0 aliphatic carbocycles. The van der Waals surface area contributed by atoms with E-state index in [0.717, 1.165) is 35.4 Å². The van der Waals surface area contributed by atoms with E-state index in [2.05, 4.69) is 40.2 Å². The third kappa shape index (κ3) is 3.19. The summed E-state index contributed by atoms with van der Waals surface area (Å²) in [6.45, 7) is 4.15. The average molecular weight is 332 g/mol. The maximum atomic E-state index is 10.1. The molecule has 0 saturated carbocycles. The minimum absolute atomic E-state index is 0.332. The van der Waals surface area contributed by atoms with E-state index in [-0.39, 0.29) is 0 Å². The van der Waals surface area contributed by atoms with Crippen molar-refractivity contribution in [3.8, 4) is 16.9 Å². The number of para-hydroxylation sites is 1. The second-order valence-electron chi connectivity index (χ2n) is 6.93. The average Bonchev–Trinajstić information content (AvgIpc) is 2.90. The van der Waals surface area contributed by atoms with Gasteiger partial charge in [-0.25, -0.2) is 0 Å².